The van der Waals surface area contributed by atoms with Crippen LogP contribution in [0.1, 0.15) is 25.3 Å². The number of ether oxygens (including phenoxy) is 2. The predicted octanol–water partition coefficient (Wildman–Crippen LogP) is 3.33. The Labute approximate surface area is 148 Å². The SMILES string of the molecule is CCOC(=O)C1CCCN(Cc2c(O)ccc3ccc(OC)cc23)C1. The molecular weight excluding hydrogens is 318 g/mol. The number of carbonyl (C=O) groups is 1. The molecule has 5 heteroatoms. The zero-order valence-electron chi connectivity index (χ0n) is 14.8. The van der Waals surface area contributed by atoms with Crippen LogP contribution in [-0.2, 0) is 16.1 Å². The summed E-state index contributed by atoms with van der Waals surface area (Å²) in [7, 11) is 1.64. The highest BCUT2D eigenvalue weighted by Crippen LogP contribution is 2.32. The van der Waals surface area contributed by atoms with E-state index in [2.05, 4.69) is 4.90 Å². The standard InChI is InChI=1S/C20H25NO4/c1-3-25-20(23)15-5-4-10-21(12-15)13-18-17-11-16(24-2)8-6-14(17)7-9-19(18)22/h6-9,11,15,22H,3-5,10,12-13H2,1-2H3. The van der Waals surface area contributed by atoms with Gasteiger partial charge in [-0.25, -0.2) is 0 Å². The summed E-state index contributed by atoms with van der Waals surface area (Å²) in [5.74, 6) is 0.845. The smallest absolute Gasteiger partial charge is 0.310 e. The van der Waals surface area contributed by atoms with E-state index >= 15 is 0 Å². The summed E-state index contributed by atoms with van der Waals surface area (Å²) in [5.41, 5.74) is 0.876. The molecule has 0 amide bonds. The number of methoxy groups -OCH3 is 1. The van der Waals surface area contributed by atoms with Gasteiger partial charge in [0.05, 0.1) is 19.6 Å². The molecule has 3 rings (SSSR count). The molecule has 1 heterocycles. The fourth-order valence-electron chi connectivity index (χ4n) is 3.52. The number of piperidine rings is 1. The molecule has 1 fully saturated rings. The van der Waals surface area contributed by atoms with Crippen molar-refractivity contribution in [1.82, 2.24) is 4.90 Å². The number of hydrogen-bond donors (Lipinski definition) is 1. The number of fused-ring (bicyclic) bond motifs is 1. The number of nitrogens with zero attached hydrogens (tertiary/aromatic N) is 1. The highest BCUT2D eigenvalue weighted by Gasteiger charge is 2.27. The number of hydrogen-bond acceptors (Lipinski definition) is 5. The Morgan fingerprint density at radius 3 is 2.88 bits per heavy atom. The number of benzene rings is 2. The monoisotopic (exact) mass is 343 g/mol. The van der Waals surface area contributed by atoms with Crippen LogP contribution in [0.15, 0.2) is 30.3 Å². The minimum absolute atomic E-state index is 0.0830. The summed E-state index contributed by atoms with van der Waals surface area (Å²) in [6, 6.07) is 9.51. The number of phenolic OH excluding ortho intramolecular Hbond substituents is 1. The highest BCUT2D eigenvalue weighted by molar-refractivity contribution is 5.89. The van der Waals surface area contributed by atoms with Crippen LogP contribution in [0.2, 0.25) is 0 Å². The van der Waals surface area contributed by atoms with Crippen LogP contribution in [0.3, 0.4) is 0 Å². The van der Waals surface area contributed by atoms with Gasteiger partial charge in [0.1, 0.15) is 11.5 Å². The van der Waals surface area contributed by atoms with Crippen molar-refractivity contribution in [2.75, 3.05) is 26.8 Å². The van der Waals surface area contributed by atoms with Crippen LogP contribution in [0.4, 0.5) is 0 Å². The first-order chi connectivity index (χ1) is 12.1. The van der Waals surface area contributed by atoms with E-state index < -0.39 is 0 Å². The molecule has 25 heavy (non-hydrogen) atoms. The lowest BCUT2D eigenvalue weighted by Gasteiger charge is -2.31. The summed E-state index contributed by atoms with van der Waals surface area (Å²) >= 11 is 0. The van der Waals surface area contributed by atoms with E-state index in [9.17, 15) is 9.90 Å². The van der Waals surface area contributed by atoms with Gasteiger partial charge in [-0.3, -0.25) is 9.69 Å². The van der Waals surface area contributed by atoms with Gasteiger partial charge in [-0.05, 0) is 55.3 Å². The summed E-state index contributed by atoms with van der Waals surface area (Å²) in [6.45, 7) is 4.43. The molecule has 134 valence electrons. The number of aromatic hydroxyl groups is 1. The van der Waals surface area contributed by atoms with Crippen molar-refractivity contribution in [3.63, 3.8) is 0 Å². The fourth-order valence-corrected chi connectivity index (χ4v) is 3.52. The van der Waals surface area contributed by atoms with Crippen LogP contribution in [0.25, 0.3) is 10.8 Å². The molecule has 0 saturated carbocycles. The van der Waals surface area contributed by atoms with Crippen LogP contribution in [0, 0.1) is 5.92 Å². The third kappa shape index (κ3) is 3.87. The van der Waals surface area contributed by atoms with Gasteiger partial charge in [-0.2, -0.15) is 0 Å². The first kappa shape index (κ1) is 17.5. The third-order valence-electron chi connectivity index (χ3n) is 4.82. The molecule has 0 aromatic heterocycles. The lowest BCUT2D eigenvalue weighted by molar-refractivity contribution is -0.150. The topological polar surface area (TPSA) is 59.0 Å². The van der Waals surface area contributed by atoms with E-state index in [1.807, 2.05) is 31.2 Å². The van der Waals surface area contributed by atoms with E-state index in [1.54, 1.807) is 13.2 Å². The van der Waals surface area contributed by atoms with Gasteiger partial charge in [-0.15, -0.1) is 0 Å². The Morgan fingerprint density at radius 1 is 1.32 bits per heavy atom. The summed E-state index contributed by atoms with van der Waals surface area (Å²) < 4.78 is 10.5. The summed E-state index contributed by atoms with van der Waals surface area (Å²) in [5, 5.41) is 12.4. The normalized spacial score (nSPS) is 18.2. The number of esters is 1. The van der Waals surface area contributed by atoms with E-state index in [4.69, 9.17) is 9.47 Å². The van der Waals surface area contributed by atoms with Crippen molar-refractivity contribution in [3.8, 4) is 11.5 Å². The van der Waals surface area contributed by atoms with Crippen LogP contribution in [0.5, 0.6) is 11.5 Å². The Morgan fingerprint density at radius 2 is 2.12 bits per heavy atom. The van der Waals surface area contributed by atoms with Crippen molar-refractivity contribution >= 4 is 16.7 Å². The van der Waals surface area contributed by atoms with Crippen molar-refractivity contribution in [3.05, 3.63) is 35.9 Å². The molecule has 1 aliphatic rings. The molecule has 1 N–H and O–H groups in total. The molecular formula is C20H25NO4. The van der Waals surface area contributed by atoms with E-state index in [0.717, 1.165) is 41.5 Å². The van der Waals surface area contributed by atoms with Gasteiger partial charge >= 0.3 is 5.97 Å². The maximum absolute atomic E-state index is 12.0. The zero-order chi connectivity index (χ0) is 17.8. The van der Waals surface area contributed by atoms with Gasteiger partial charge in [0.15, 0.2) is 0 Å². The van der Waals surface area contributed by atoms with Crippen molar-refractivity contribution in [2.45, 2.75) is 26.3 Å². The summed E-state index contributed by atoms with van der Waals surface area (Å²) in [6.07, 6.45) is 1.82. The minimum atomic E-state index is -0.115. The molecule has 2 aromatic rings. The Balaban J connectivity index is 1.84. The van der Waals surface area contributed by atoms with Crippen molar-refractivity contribution in [1.29, 1.82) is 0 Å². The van der Waals surface area contributed by atoms with Gasteiger partial charge in [0, 0.05) is 18.7 Å². The average Bonchev–Trinajstić information content (AvgIpc) is 2.64. The molecule has 5 nitrogen and oxygen atoms in total. The van der Waals surface area contributed by atoms with Crippen LogP contribution in [-0.4, -0.2) is 42.8 Å². The molecule has 0 spiro atoms. The van der Waals surface area contributed by atoms with E-state index in [-0.39, 0.29) is 17.6 Å². The molecule has 0 radical (unpaired) electrons. The number of carbonyl (C=O) groups excluding carboxylic acids is 1. The molecule has 1 aliphatic heterocycles. The average molecular weight is 343 g/mol. The fraction of sp³-hybridized carbons (Fsp3) is 0.450. The molecule has 1 saturated heterocycles. The lowest BCUT2D eigenvalue weighted by atomic mass is 9.96. The van der Waals surface area contributed by atoms with Crippen molar-refractivity contribution < 1.29 is 19.4 Å². The van der Waals surface area contributed by atoms with Gasteiger partial charge in [0.2, 0.25) is 0 Å². The molecule has 2 aromatic carbocycles. The maximum atomic E-state index is 12.0. The van der Waals surface area contributed by atoms with Gasteiger partial charge in [0.25, 0.3) is 0 Å². The van der Waals surface area contributed by atoms with Crippen LogP contribution < -0.4 is 4.74 Å². The highest BCUT2D eigenvalue weighted by atomic mass is 16.5. The number of likely N-dealkylation sites (tertiary alicyclic amines) is 1. The van der Waals surface area contributed by atoms with E-state index in [1.165, 1.54) is 0 Å². The molecule has 1 atom stereocenters. The van der Waals surface area contributed by atoms with Gasteiger partial charge in [-0.1, -0.05) is 12.1 Å². The lowest BCUT2D eigenvalue weighted by Crippen LogP contribution is -2.39. The van der Waals surface area contributed by atoms with Gasteiger partial charge < -0.3 is 14.6 Å². The molecule has 1 unspecified atom stereocenters. The Hall–Kier alpha value is -2.27. The van der Waals surface area contributed by atoms with Crippen LogP contribution >= 0.6 is 0 Å². The zero-order valence-corrected chi connectivity index (χ0v) is 14.8. The second-order valence-corrected chi connectivity index (χ2v) is 6.48. The predicted molar refractivity (Wildman–Crippen MR) is 96.8 cm³/mol. The van der Waals surface area contributed by atoms with Crippen molar-refractivity contribution in [2.24, 2.45) is 5.92 Å². The second-order valence-electron chi connectivity index (χ2n) is 6.48. The quantitative estimate of drug-likeness (QED) is 0.844. The Bertz CT molecular complexity index is 759. The minimum Gasteiger partial charge on any atom is -0.508 e. The largest absolute Gasteiger partial charge is 0.508 e. The van der Waals surface area contributed by atoms with E-state index in [0.29, 0.717) is 19.7 Å². The first-order valence-corrected chi connectivity index (χ1v) is 8.80. The maximum Gasteiger partial charge on any atom is 0.310 e. The first-order valence-electron chi connectivity index (χ1n) is 8.80. The third-order valence-corrected chi connectivity index (χ3v) is 4.82. The number of rotatable bonds is 5. The molecule has 0 aliphatic carbocycles. The number of phenols is 1. The molecule has 0 bridgehead atoms. The summed E-state index contributed by atoms with van der Waals surface area (Å²) in [4.78, 5) is 14.3. The Kier molecular flexibility index (Phi) is 5.43. The second kappa shape index (κ2) is 7.74.